The van der Waals surface area contributed by atoms with E-state index < -0.39 is 11.4 Å². The first-order valence-corrected chi connectivity index (χ1v) is 4.64. The Morgan fingerprint density at radius 2 is 2.00 bits per heavy atom. The summed E-state index contributed by atoms with van der Waals surface area (Å²) in [5.74, 6) is -1.37. The highest BCUT2D eigenvalue weighted by atomic mass is 16.4. The molecule has 0 aromatic rings. The molecule has 1 rings (SSSR count). The van der Waals surface area contributed by atoms with E-state index in [1.54, 1.807) is 0 Å². The molecule has 0 bridgehead atoms. The minimum Gasteiger partial charge on any atom is -0.480 e. The smallest absolute Gasteiger partial charge is 0.319 e. The van der Waals surface area contributed by atoms with Gasteiger partial charge in [0, 0.05) is 6.54 Å². The van der Waals surface area contributed by atoms with Crippen LogP contribution in [0.3, 0.4) is 0 Å². The van der Waals surface area contributed by atoms with E-state index in [1.165, 1.54) is 0 Å². The fourth-order valence-corrected chi connectivity index (χ4v) is 1.18. The van der Waals surface area contributed by atoms with Crippen molar-refractivity contribution in [2.75, 3.05) is 6.54 Å². The van der Waals surface area contributed by atoms with Crippen LogP contribution in [0.25, 0.3) is 0 Å². The van der Waals surface area contributed by atoms with Crippen LogP contribution in [0, 0.1) is 5.41 Å². The zero-order chi connectivity index (χ0) is 10.8. The van der Waals surface area contributed by atoms with E-state index in [-0.39, 0.29) is 5.91 Å². The molecule has 0 heterocycles. The van der Waals surface area contributed by atoms with Gasteiger partial charge in [-0.05, 0) is 26.7 Å². The first-order chi connectivity index (χ1) is 6.49. The summed E-state index contributed by atoms with van der Waals surface area (Å²) in [5, 5.41) is 11.4. The van der Waals surface area contributed by atoms with Gasteiger partial charge in [0.2, 0.25) is 5.91 Å². The second-order valence-corrected chi connectivity index (χ2v) is 3.88. The summed E-state index contributed by atoms with van der Waals surface area (Å²) in [5.41, 5.74) is -0.0133. The van der Waals surface area contributed by atoms with Crippen LogP contribution >= 0.6 is 0 Å². The standard InChI is InChI=1S/C10H15NO3/c1-7(2)3-6-11-8(12)10(4-5-10)9(13)14/h3H,4-6H2,1-2H3,(H,11,12)(H,13,14). The van der Waals surface area contributed by atoms with Crippen molar-refractivity contribution in [1.29, 1.82) is 0 Å². The van der Waals surface area contributed by atoms with Gasteiger partial charge in [-0.15, -0.1) is 0 Å². The van der Waals surface area contributed by atoms with Crippen molar-refractivity contribution in [1.82, 2.24) is 5.32 Å². The Hall–Kier alpha value is -1.32. The van der Waals surface area contributed by atoms with Crippen LogP contribution in [0.4, 0.5) is 0 Å². The number of carboxylic acids is 1. The van der Waals surface area contributed by atoms with E-state index >= 15 is 0 Å². The maximum Gasteiger partial charge on any atom is 0.319 e. The summed E-state index contributed by atoms with van der Waals surface area (Å²) >= 11 is 0. The number of carbonyl (C=O) groups is 2. The molecule has 78 valence electrons. The van der Waals surface area contributed by atoms with Crippen molar-refractivity contribution in [2.24, 2.45) is 5.41 Å². The summed E-state index contributed by atoms with van der Waals surface area (Å²) in [6.07, 6.45) is 2.78. The Kier molecular flexibility index (Phi) is 2.93. The molecule has 4 heteroatoms. The zero-order valence-electron chi connectivity index (χ0n) is 8.46. The van der Waals surface area contributed by atoms with Gasteiger partial charge in [0.1, 0.15) is 5.41 Å². The summed E-state index contributed by atoms with van der Waals surface area (Å²) in [6.45, 7) is 4.27. The average molecular weight is 197 g/mol. The fourth-order valence-electron chi connectivity index (χ4n) is 1.18. The number of amides is 1. The first kappa shape index (κ1) is 10.8. The van der Waals surface area contributed by atoms with E-state index in [4.69, 9.17) is 5.11 Å². The summed E-state index contributed by atoms with van der Waals surface area (Å²) in [7, 11) is 0. The van der Waals surface area contributed by atoms with Crippen molar-refractivity contribution in [3.63, 3.8) is 0 Å². The quantitative estimate of drug-likeness (QED) is 0.520. The highest BCUT2D eigenvalue weighted by Crippen LogP contribution is 2.45. The highest BCUT2D eigenvalue weighted by Gasteiger charge is 2.56. The lowest BCUT2D eigenvalue weighted by Gasteiger charge is -2.08. The van der Waals surface area contributed by atoms with E-state index in [1.807, 2.05) is 19.9 Å². The topological polar surface area (TPSA) is 66.4 Å². The van der Waals surface area contributed by atoms with Crippen molar-refractivity contribution >= 4 is 11.9 Å². The third-order valence-corrected chi connectivity index (χ3v) is 2.37. The highest BCUT2D eigenvalue weighted by molar-refractivity contribution is 6.04. The van der Waals surface area contributed by atoms with Gasteiger partial charge in [-0.25, -0.2) is 0 Å². The molecule has 1 saturated carbocycles. The number of nitrogens with one attached hydrogen (secondary N) is 1. The number of carboxylic acid groups (broad SMARTS) is 1. The molecular weight excluding hydrogens is 182 g/mol. The SMILES string of the molecule is CC(C)=CCNC(=O)C1(C(=O)O)CC1. The van der Waals surface area contributed by atoms with E-state index in [0.29, 0.717) is 19.4 Å². The zero-order valence-corrected chi connectivity index (χ0v) is 8.46. The molecule has 1 aliphatic rings. The predicted octanol–water partition coefficient (Wildman–Crippen LogP) is 0.934. The minimum absolute atomic E-state index is 0.359. The summed E-state index contributed by atoms with van der Waals surface area (Å²) in [4.78, 5) is 22.2. The lowest BCUT2D eigenvalue weighted by Crippen LogP contribution is -2.37. The fraction of sp³-hybridized carbons (Fsp3) is 0.600. The van der Waals surface area contributed by atoms with Crippen molar-refractivity contribution in [3.8, 4) is 0 Å². The van der Waals surface area contributed by atoms with Crippen molar-refractivity contribution < 1.29 is 14.7 Å². The monoisotopic (exact) mass is 197 g/mol. The number of aliphatic carboxylic acids is 1. The van der Waals surface area contributed by atoms with Gasteiger partial charge in [-0.1, -0.05) is 11.6 Å². The first-order valence-electron chi connectivity index (χ1n) is 4.64. The van der Waals surface area contributed by atoms with Gasteiger partial charge in [0.25, 0.3) is 0 Å². The van der Waals surface area contributed by atoms with Crippen molar-refractivity contribution in [3.05, 3.63) is 11.6 Å². The molecular formula is C10H15NO3. The Balaban J connectivity index is 2.44. The lowest BCUT2D eigenvalue weighted by atomic mass is 10.1. The van der Waals surface area contributed by atoms with Gasteiger partial charge >= 0.3 is 5.97 Å². The number of hydrogen-bond acceptors (Lipinski definition) is 2. The van der Waals surface area contributed by atoms with Crippen LogP contribution in [0.1, 0.15) is 26.7 Å². The molecule has 0 radical (unpaired) electrons. The van der Waals surface area contributed by atoms with E-state index in [2.05, 4.69) is 5.32 Å². The molecule has 1 amide bonds. The van der Waals surface area contributed by atoms with Gasteiger partial charge in [-0.2, -0.15) is 0 Å². The molecule has 0 aromatic heterocycles. The Bertz CT molecular complexity index is 286. The molecule has 1 aliphatic carbocycles. The molecule has 0 aromatic carbocycles. The van der Waals surface area contributed by atoms with Gasteiger partial charge in [-0.3, -0.25) is 9.59 Å². The number of rotatable bonds is 4. The molecule has 2 N–H and O–H groups in total. The minimum atomic E-state index is -1.12. The van der Waals surface area contributed by atoms with Gasteiger partial charge in [0.15, 0.2) is 0 Å². The lowest BCUT2D eigenvalue weighted by molar-refractivity contribution is -0.148. The Morgan fingerprint density at radius 1 is 1.43 bits per heavy atom. The van der Waals surface area contributed by atoms with Crippen LogP contribution in [0.5, 0.6) is 0 Å². The molecule has 0 aliphatic heterocycles. The third-order valence-electron chi connectivity index (χ3n) is 2.37. The summed E-state index contributed by atoms with van der Waals surface area (Å²) in [6, 6.07) is 0. The van der Waals surface area contributed by atoms with Crippen LogP contribution < -0.4 is 5.32 Å². The maximum atomic E-state index is 11.4. The number of carbonyl (C=O) groups excluding carboxylic acids is 1. The Labute approximate surface area is 83.0 Å². The van der Waals surface area contributed by atoms with Gasteiger partial charge in [0.05, 0.1) is 0 Å². The molecule has 0 atom stereocenters. The normalized spacial score (nSPS) is 17.0. The second-order valence-electron chi connectivity index (χ2n) is 3.88. The predicted molar refractivity (Wildman–Crippen MR) is 51.7 cm³/mol. The van der Waals surface area contributed by atoms with Crippen LogP contribution in [0.15, 0.2) is 11.6 Å². The third kappa shape index (κ3) is 2.13. The van der Waals surface area contributed by atoms with E-state index in [9.17, 15) is 9.59 Å². The Morgan fingerprint density at radius 3 is 2.36 bits per heavy atom. The van der Waals surface area contributed by atoms with Crippen LogP contribution in [-0.2, 0) is 9.59 Å². The van der Waals surface area contributed by atoms with Gasteiger partial charge < -0.3 is 10.4 Å². The molecule has 0 spiro atoms. The number of allylic oxidation sites excluding steroid dienone is 1. The maximum absolute atomic E-state index is 11.4. The van der Waals surface area contributed by atoms with Crippen molar-refractivity contribution in [2.45, 2.75) is 26.7 Å². The average Bonchev–Trinajstić information content (AvgIpc) is 2.82. The molecule has 1 fully saturated rings. The molecule has 0 unspecified atom stereocenters. The largest absolute Gasteiger partial charge is 0.480 e. The van der Waals surface area contributed by atoms with E-state index in [0.717, 1.165) is 5.57 Å². The molecule has 4 nitrogen and oxygen atoms in total. The van der Waals surface area contributed by atoms with Crippen LogP contribution in [-0.4, -0.2) is 23.5 Å². The molecule has 14 heavy (non-hydrogen) atoms. The van der Waals surface area contributed by atoms with Crippen LogP contribution in [0.2, 0.25) is 0 Å². The number of hydrogen-bond donors (Lipinski definition) is 2. The molecule has 0 saturated heterocycles. The second kappa shape index (κ2) is 3.82. The summed E-state index contributed by atoms with van der Waals surface area (Å²) < 4.78 is 0.